The van der Waals surface area contributed by atoms with E-state index in [1.165, 1.54) is 0 Å². The fraction of sp³-hybridized carbons (Fsp3) is 0.438. The Balaban J connectivity index is 1.74. The molecule has 26 heavy (non-hydrogen) atoms. The van der Waals surface area contributed by atoms with Crippen molar-refractivity contribution in [3.63, 3.8) is 0 Å². The third-order valence-electron chi connectivity index (χ3n) is 4.64. The zero-order valence-corrected chi connectivity index (χ0v) is 14.0. The van der Waals surface area contributed by atoms with E-state index in [2.05, 4.69) is 34.9 Å². The molecule has 3 aromatic rings. The number of nitrogens with zero attached hydrogens (tertiary/aromatic N) is 6. The molecule has 10 nitrogen and oxygen atoms in total. The lowest BCUT2D eigenvalue weighted by Crippen LogP contribution is -2.29. The molecule has 1 aliphatic carbocycles. The van der Waals surface area contributed by atoms with Crippen LogP contribution in [-0.2, 0) is 0 Å². The fourth-order valence-electron chi connectivity index (χ4n) is 3.13. The maximum atomic E-state index is 11.4. The number of rotatable bonds is 3. The van der Waals surface area contributed by atoms with Crippen LogP contribution in [0.2, 0.25) is 0 Å². The van der Waals surface area contributed by atoms with Crippen molar-refractivity contribution in [3.05, 3.63) is 33.2 Å². The van der Waals surface area contributed by atoms with Gasteiger partial charge in [-0.05, 0) is 31.8 Å². The molecule has 1 saturated heterocycles. The lowest BCUT2D eigenvalue weighted by Gasteiger charge is -2.14. The Morgan fingerprint density at radius 2 is 2.04 bits per heavy atom. The molecule has 3 N–H and O–H groups in total. The van der Waals surface area contributed by atoms with Gasteiger partial charge in [0.25, 0.3) is 5.62 Å². The fourth-order valence-corrected chi connectivity index (χ4v) is 3.13. The van der Waals surface area contributed by atoms with Crippen LogP contribution < -0.4 is 21.4 Å². The van der Waals surface area contributed by atoms with Crippen LogP contribution in [-0.4, -0.2) is 53.8 Å². The second-order valence-corrected chi connectivity index (χ2v) is 6.70. The SMILES string of the molecule is O=c1[nH]c(O)c(/C=c2\cnn3c(=NC4CC4)nc(N4CCCC4)nc23)[nH]1. The lowest BCUT2D eigenvalue weighted by atomic mass is 10.3. The average Bonchev–Trinajstić information content (AvgIpc) is 3.01. The standard InChI is InChI=1S/C16H18N8O2/c25-13-11(19-16(26)21-13)7-9-8-17-24-12(9)20-14(23-5-1-2-6-23)22-15(24)18-10-3-4-10/h7-8,10,25H,1-6H2,(H2,19,21,26)/b9-7+,18-15?. The van der Waals surface area contributed by atoms with E-state index in [0.717, 1.165) is 38.8 Å². The Hall–Kier alpha value is -3.17. The van der Waals surface area contributed by atoms with E-state index in [-0.39, 0.29) is 11.6 Å². The molecular formula is C16H18N8O2. The summed E-state index contributed by atoms with van der Waals surface area (Å²) in [5, 5.41) is 14.8. The van der Waals surface area contributed by atoms with Gasteiger partial charge in [-0.1, -0.05) is 0 Å². The predicted molar refractivity (Wildman–Crippen MR) is 92.7 cm³/mol. The van der Waals surface area contributed by atoms with Gasteiger partial charge in [0.05, 0.1) is 12.2 Å². The van der Waals surface area contributed by atoms with E-state index in [1.54, 1.807) is 16.8 Å². The lowest BCUT2D eigenvalue weighted by molar-refractivity contribution is 0.454. The molecule has 3 aromatic heterocycles. The van der Waals surface area contributed by atoms with Crippen LogP contribution in [0.3, 0.4) is 0 Å². The quantitative estimate of drug-likeness (QED) is 0.557. The van der Waals surface area contributed by atoms with Gasteiger partial charge in [-0.3, -0.25) is 4.98 Å². The van der Waals surface area contributed by atoms with Crippen LogP contribution in [0.1, 0.15) is 31.4 Å². The van der Waals surface area contributed by atoms with Crippen LogP contribution >= 0.6 is 0 Å². The zero-order valence-electron chi connectivity index (χ0n) is 14.0. The van der Waals surface area contributed by atoms with Crippen LogP contribution in [0.4, 0.5) is 5.95 Å². The maximum Gasteiger partial charge on any atom is 0.326 e. The molecule has 134 valence electrons. The number of aromatic hydroxyl groups is 1. The molecular weight excluding hydrogens is 336 g/mol. The van der Waals surface area contributed by atoms with Gasteiger partial charge in [-0.25, -0.2) is 9.79 Å². The van der Waals surface area contributed by atoms with Crippen LogP contribution in [0, 0.1) is 0 Å². The summed E-state index contributed by atoms with van der Waals surface area (Å²) in [7, 11) is 0. The molecule has 0 bridgehead atoms. The molecule has 0 spiro atoms. The summed E-state index contributed by atoms with van der Waals surface area (Å²) in [6.45, 7) is 1.86. The number of H-pyrrole nitrogens is 2. The van der Waals surface area contributed by atoms with Crippen molar-refractivity contribution in [2.45, 2.75) is 31.7 Å². The molecule has 0 aromatic carbocycles. The second kappa shape index (κ2) is 5.68. The molecule has 0 unspecified atom stereocenters. The second-order valence-electron chi connectivity index (χ2n) is 6.70. The van der Waals surface area contributed by atoms with Crippen LogP contribution in [0.25, 0.3) is 11.7 Å². The summed E-state index contributed by atoms with van der Waals surface area (Å²) in [6, 6.07) is 0.307. The van der Waals surface area contributed by atoms with Gasteiger partial charge >= 0.3 is 5.69 Å². The summed E-state index contributed by atoms with van der Waals surface area (Å²) in [4.78, 5) is 32.3. The number of aromatic amines is 2. The highest BCUT2D eigenvalue weighted by Gasteiger charge is 2.22. The summed E-state index contributed by atoms with van der Waals surface area (Å²) in [5.74, 6) is 0.433. The van der Waals surface area contributed by atoms with Gasteiger partial charge in [0.1, 0.15) is 5.69 Å². The van der Waals surface area contributed by atoms with E-state index in [1.807, 2.05) is 0 Å². The Kier molecular flexibility index (Phi) is 3.30. The third kappa shape index (κ3) is 2.63. The number of aromatic nitrogens is 6. The average molecular weight is 354 g/mol. The first-order valence-electron chi connectivity index (χ1n) is 8.75. The minimum absolute atomic E-state index is 0.217. The molecule has 2 aliphatic rings. The topological polar surface area (TPSA) is 128 Å². The first kappa shape index (κ1) is 15.1. The minimum atomic E-state index is -0.470. The molecule has 0 amide bonds. The van der Waals surface area contributed by atoms with Crippen molar-refractivity contribution in [2.24, 2.45) is 4.99 Å². The molecule has 5 rings (SSSR count). The van der Waals surface area contributed by atoms with E-state index >= 15 is 0 Å². The molecule has 0 atom stereocenters. The van der Waals surface area contributed by atoms with Gasteiger partial charge in [0.2, 0.25) is 11.8 Å². The number of hydrogen-bond acceptors (Lipinski definition) is 7. The summed E-state index contributed by atoms with van der Waals surface area (Å²) < 4.78 is 1.62. The van der Waals surface area contributed by atoms with Crippen LogP contribution in [0.5, 0.6) is 5.88 Å². The highest BCUT2D eigenvalue weighted by atomic mass is 16.3. The summed E-state index contributed by atoms with van der Waals surface area (Å²) in [6.07, 6.45) is 7.67. The van der Waals surface area contributed by atoms with E-state index in [0.29, 0.717) is 28.5 Å². The molecule has 1 aliphatic heterocycles. The third-order valence-corrected chi connectivity index (χ3v) is 4.64. The van der Waals surface area contributed by atoms with Crippen molar-refractivity contribution in [2.75, 3.05) is 18.0 Å². The Bertz CT molecular complexity index is 1150. The summed E-state index contributed by atoms with van der Waals surface area (Å²) >= 11 is 0. The number of anilines is 1. The largest absolute Gasteiger partial charge is 0.493 e. The van der Waals surface area contributed by atoms with Crippen molar-refractivity contribution in [1.29, 1.82) is 0 Å². The highest BCUT2D eigenvalue weighted by molar-refractivity contribution is 5.57. The molecule has 2 fully saturated rings. The number of imidazole rings is 1. The van der Waals surface area contributed by atoms with E-state index in [4.69, 9.17) is 0 Å². The number of nitrogens with one attached hydrogen (secondary N) is 2. The monoisotopic (exact) mass is 354 g/mol. The van der Waals surface area contributed by atoms with Gasteiger partial charge in [0, 0.05) is 18.3 Å². The molecule has 1 saturated carbocycles. The molecule has 10 heteroatoms. The maximum absolute atomic E-state index is 11.4. The Labute approximate surface area is 146 Å². The first-order chi connectivity index (χ1) is 12.7. The number of fused-ring (bicyclic) bond motifs is 1. The molecule has 4 heterocycles. The minimum Gasteiger partial charge on any atom is -0.493 e. The van der Waals surface area contributed by atoms with Crippen LogP contribution in [0.15, 0.2) is 16.0 Å². The predicted octanol–water partition coefficient (Wildman–Crippen LogP) is -0.943. The first-order valence-corrected chi connectivity index (χ1v) is 8.75. The highest BCUT2D eigenvalue weighted by Crippen LogP contribution is 2.22. The van der Waals surface area contributed by atoms with Gasteiger partial charge in [0.15, 0.2) is 5.65 Å². The van der Waals surface area contributed by atoms with Gasteiger partial charge < -0.3 is 15.0 Å². The summed E-state index contributed by atoms with van der Waals surface area (Å²) in [5.41, 5.74) is 0.961. The van der Waals surface area contributed by atoms with Crippen molar-refractivity contribution >= 4 is 17.7 Å². The Morgan fingerprint density at radius 1 is 1.23 bits per heavy atom. The smallest absolute Gasteiger partial charge is 0.326 e. The van der Waals surface area contributed by atoms with E-state index in [9.17, 15) is 9.90 Å². The number of hydrogen-bond donors (Lipinski definition) is 3. The Morgan fingerprint density at radius 3 is 2.73 bits per heavy atom. The normalized spacial score (nSPS) is 19.2. The van der Waals surface area contributed by atoms with Crippen molar-refractivity contribution < 1.29 is 5.11 Å². The van der Waals surface area contributed by atoms with Gasteiger partial charge in [-0.2, -0.15) is 19.6 Å². The molecule has 0 radical (unpaired) electrons. The van der Waals surface area contributed by atoms with Crippen molar-refractivity contribution in [1.82, 2.24) is 29.5 Å². The van der Waals surface area contributed by atoms with E-state index < -0.39 is 5.69 Å². The van der Waals surface area contributed by atoms with Gasteiger partial charge in [-0.15, -0.1) is 0 Å². The zero-order chi connectivity index (χ0) is 17.7. The van der Waals surface area contributed by atoms with Crippen molar-refractivity contribution in [3.8, 4) is 5.88 Å².